The van der Waals surface area contributed by atoms with Crippen LogP contribution in [0.25, 0.3) is 0 Å². The van der Waals surface area contributed by atoms with E-state index in [0.717, 1.165) is 0 Å². The number of hydrogen-bond donors (Lipinski definition) is 1. The van der Waals surface area contributed by atoms with Crippen LogP contribution in [0, 0.1) is 0 Å². The van der Waals surface area contributed by atoms with Gasteiger partial charge in [0.2, 0.25) is 0 Å². The van der Waals surface area contributed by atoms with Crippen LogP contribution < -0.4 is 5.32 Å². The molecule has 0 bridgehead atoms. The van der Waals surface area contributed by atoms with Crippen molar-refractivity contribution in [3.05, 3.63) is 29.8 Å². The Morgan fingerprint density at radius 2 is 1.95 bits per heavy atom. The standard InChI is InChI=1S/C15H20N2O4/c1-15(2)10-21-9-8-17(15)13(18)11-4-6-12(7-5-11)16-14(19)20-3/h4-7H,8-10H2,1-3H3,(H,16,19). The predicted octanol–water partition coefficient (Wildman–Crippen LogP) is 2.12. The van der Waals surface area contributed by atoms with Crippen molar-refractivity contribution in [2.45, 2.75) is 19.4 Å². The summed E-state index contributed by atoms with van der Waals surface area (Å²) in [7, 11) is 1.30. The average Bonchev–Trinajstić information content (AvgIpc) is 2.47. The van der Waals surface area contributed by atoms with Crippen molar-refractivity contribution in [3.8, 4) is 0 Å². The highest BCUT2D eigenvalue weighted by Crippen LogP contribution is 2.22. The lowest BCUT2D eigenvalue weighted by Crippen LogP contribution is -2.55. The van der Waals surface area contributed by atoms with Gasteiger partial charge in [-0.1, -0.05) is 0 Å². The number of carbonyl (C=O) groups excluding carboxylic acids is 2. The van der Waals surface area contributed by atoms with Gasteiger partial charge in [0.1, 0.15) is 0 Å². The van der Waals surface area contributed by atoms with Gasteiger partial charge in [-0.2, -0.15) is 0 Å². The first kappa shape index (κ1) is 15.3. The second-order valence-electron chi connectivity index (χ2n) is 5.52. The van der Waals surface area contributed by atoms with E-state index in [0.29, 0.717) is 31.0 Å². The zero-order valence-corrected chi connectivity index (χ0v) is 12.5. The van der Waals surface area contributed by atoms with Crippen molar-refractivity contribution in [2.24, 2.45) is 0 Å². The minimum atomic E-state index is -0.539. The maximum Gasteiger partial charge on any atom is 0.411 e. The number of ether oxygens (including phenoxy) is 2. The summed E-state index contributed by atoms with van der Waals surface area (Å²) in [5.41, 5.74) is 0.846. The van der Waals surface area contributed by atoms with E-state index in [9.17, 15) is 9.59 Å². The van der Waals surface area contributed by atoms with Crippen molar-refractivity contribution in [3.63, 3.8) is 0 Å². The van der Waals surface area contributed by atoms with E-state index in [1.807, 2.05) is 18.7 Å². The van der Waals surface area contributed by atoms with Crippen LogP contribution in [0.1, 0.15) is 24.2 Å². The molecule has 0 radical (unpaired) electrons. The second-order valence-corrected chi connectivity index (χ2v) is 5.52. The summed E-state index contributed by atoms with van der Waals surface area (Å²) in [4.78, 5) is 25.5. The monoisotopic (exact) mass is 292 g/mol. The van der Waals surface area contributed by atoms with Crippen molar-refractivity contribution in [1.29, 1.82) is 0 Å². The van der Waals surface area contributed by atoms with Crippen molar-refractivity contribution in [1.82, 2.24) is 4.90 Å². The molecule has 1 aromatic carbocycles. The number of benzene rings is 1. The third kappa shape index (κ3) is 3.52. The zero-order valence-electron chi connectivity index (χ0n) is 12.5. The fourth-order valence-electron chi connectivity index (χ4n) is 2.26. The Balaban J connectivity index is 2.11. The summed E-state index contributed by atoms with van der Waals surface area (Å²) in [5.74, 6) is -0.0343. The number of anilines is 1. The largest absolute Gasteiger partial charge is 0.453 e. The van der Waals surface area contributed by atoms with Gasteiger partial charge in [-0.3, -0.25) is 10.1 Å². The highest BCUT2D eigenvalue weighted by atomic mass is 16.5. The third-order valence-corrected chi connectivity index (χ3v) is 3.45. The first-order chi connectivity index (χ1) is 9.94. The maximum atomic E-state index is 12.6. The molecule has 1 saturated heterocycles. The van der Waals surface area contributed by atoms with Gasteiger partial charge in [0, 0.05) is 17.8 Å². The molecular weight excluding hydrogens is 272 g/mol. The van der Waals surface area contributed by atoms with Crippen LogP contribution in [0.2, 0.25) is 0 Å². The number of nitrogens with zero attached hydrogens (tertiary/aromatic N) is 1. The van der Waals surface area contributed by atoms with Crippen molar-refractivity contribution < 1.29 is 19.1 Å². The fourth-order valence-corrected chi connectivity index (χ4v) is 2.26. The topological polar surface area (TPSA) is 67.9 Å². The molecule has 2 rings (SSSR count). The van der Waals surface area contributed by atoms with Gasteiger partial charge in [0.15, 0.2) is 0 Å². The molecule has 1 aliphatic heterocycles. The summed E-state index contributed by atoms with van der Waals surface area (Å²) >= 11 is 0. The Morgan fingerprint density at radius 1 is 1.29 bits per heavy atom. The Bertz CT molecular complexity index is 525. The summed E-state index contributed by atoms with van der Waals surface area (Å²) in [6.45, 7) is 5.63. The molecule has 0 atom stereocenters. The van der Waals surface area contributed by atoms with Gasteiger partial charge in [0.25, 0.3) is 5.91 Å². The van der Waals surface area contributed by atoms with E-state index < -0.39 is 6.09 Å². The van der Waals surface area contributed by atoms with E-state index >= 15 is 0 Å². The van der Waals surface area contributed by atoms with Crippen LogP contribution in [0.3, 0.4) is 0 Å². The highest BCUT2D eigenvalue weighted by molar-refractivity contribution is 5.95. The Labute approximate surface area is 124 Å². The van der Waals surface area contributed by atoms with Gasteiger partial charge in [0.05, 0.1) is 25.9 Å². The number of nitrogens with one attached hydrogen (secondary N) is 1. The predicted molar refractivity (Wildman–Crippen MR) is 78.4 cm³/mol. The normalized spacial score (nSPS) is 17.2. The van der Waals surface area contributed by atoms with Crippen LogP contribution in [0.4, 0.5) is 10.5 Å². The minimum Gasteiger partial charge on any atom is -0.453 e. The fraction of sp³-hybridized carbons (Fsp3) is 0.467. The van der Waals surface area contributed by atoms with Crippen LogP contribution in [0.15, 0.2) is 24.3 Å². The molecule has 0 spiro atoms. The number of carbonyl (C=O) groups is 2. The molecule has 1 aromatic rings. The molecule has 0 aromatic heterocycles. The lowest BCUT2D eigenvalue weighted by atomic mass is 10.0. The van der Waals surface area contributed by atoms with Crippen LogP contribution >= 0.6 is 0 Å². The van der Waals surface area contributed by atoms with Gasteiger partial charge in [-0.15, -0.1) is 0 Å². The lowest BCUT2D eigenvalue weighted by molar-refractivity contribution is -0.0370. The molecule has 114 valence electrons. The summed E-state index contributed by atoms with van der Waals surface area (Å²) in [6.07, 6.45) is -0.539. The van der Waals surface area contributed by atoms with Crippen LogP contribution in [-0.2, 0) is 9.47 Å². The molecule has 1 heterocycles. The Morgan fingerprint density at radius 3 is 2.52 bits per heavy atom. The van der Waals surface area contributed by atoms with E-state index in [2.05, 4.69) is 10.1 Å². The van der Waals surface area contributed by atoms with Gasteiger partial charge < -0.3 is 14.4 Å². The van der Waals surface area contributed by atoms with E-state index in [1.165, 1.54) is 7.11 Å². The SMILES string of the molecule is COC(=O)Nc1ccc(C(=O)N2CCOCC2(C)C)cc1. The Kier molecular flexibility index (Phi) is 4.47. The Hall–Kier alpha value is -2.08. The molecule has 6 nitrogen and oxygen atoms in total. The quantitative estimate of drug-likeness (QED) is 0.906. The minimum absolute atomic E-state index is 0.0343. The second kappa shape index (κ2) is 6.13. The smallest absolute Gasteiger partial charge is 0.411 e. The number of rotatable bonds is 2. The number of methoxy groups -OCH3 is 1. The third-order valence-electron chi connectivity index (χ3n) is 3.45. The lowest BCUT2D eigenvalue weighted by Gasteiger charge is -2.42. The molecule has 6 heteroatoms. The molecule has 1 fully saturated rings. The van der Waals surface area contributed by atoms with Gasteiger partial charge in [-0.25, -0.2) is 4.79 Å². The molecule has 21 heavy (non-hydrogen) atoms. The van der Waals surface area contributed by atoms with E-state index in [-0.39, 0.29) is 11.4 Å². The van der Waals surface area contributed by atoms with Gasteiger partial charge >= 0.3 is 6.09 Å². The maximum absolute atomic E-state index is 12.6. The molecular formula is C15H20N2O4. The van der Waals surface area contributed by atoms with E-state index in [4.69, 9.17) is 4.74 Å². The van der Waals surface area contributed by atoms with Crippen LogP contribution in [0.5, 0.6) is 0 Å². The first-order valence-corrected chi connectivity index (χ1v) is 6.79. The molecule has 1 aliphatic rings. The molecule has 0 unspecified atom stereocenters. The number of morpholine rings is 1. The molecule has 0 aliphatic carbocycles. The zero-order chi connectivity index (χ0) is 15.5. The number of amides is 2. The van der Waals surface area contributed by atoms with Gasteiger partial charge in [-0.05, 0) is 38.1 Å². The highest BCUT2D eigenvalue weighted by Gasteiger charge is 2.34. The molecule has 1 N–H and O–H groups in total. The van der Waals surface area contributed by atoms with Crippen molar-refractivity contribution in [2.75, 3.05) is 32.2 Å². The van der Waals surface area contributed by atoms with E-state index in [1.54, 1.807) is 24.3 Å². The summed E-state index contributed by atoms with van der Waals surface area (Å²) in [6, 6.07) is 6.74. The van der Waals surface area contributed by atoms with Crippen molar-refractivity contribution >= 4 is 17.7 Å². The average molecular weight is 292 g/mol. The van der Waals surface area contributed by atoms with Crippen LogP contribution in [-0.4, -0.2) is 49.3 Å². The molecule has 0 saturated carbocycles. The number of hydrogen-bond acceptors (Lipinski definition) is 4. The first-order valence-electron chi connectivity index (χ1n) is 6.79. The summed E-state index contributed by atoms with van der Waals surface area (Å²) < 4.78 is 9.94. The molecule has 2 amide bonds. The summed E-state index contributed by atoms with van der Waals surface area (Å²) in [5, 5.41) is 2.55.